The van der Waals surface area contributed by atoms with Crippen LogP contribution in [0.15, 0.2) is 0 Å². The van der Waals surface area contributed by atoms with Crippen LogP contribution in [0.5, 0.6) is 0 Å². The molecule has 0 aromatic heterocycles. The summed E-state index contributed by atoms with van der Waals surface area (Å²) < 4.78 is 4.80. The minimum Gasteiger partial charge on any atom is -0.384 e. The van der Waals surface area contributed by atoms with Crippen LogP contribution in [0.1, 0.15) is 13.8 Å². The highest BCUT2D eigenvalue weighted by Gasteiger charge is 2.34. The van der Waals surface area contributed by atoms with Crippen molar-refractivity contribution in [2.24, 2.45) is 0 Å². The minimum atomic E-state index is -0.561. The Morgan fingerprint density at radius 3 is 2.10 bits per heavy atom. The van der Waals surface area contributed by atoms with E-state index in [1.165, 1.54) is 0 Å². The first-order chi connectivity index (χ1) is 4.77. The lowest BCUT2D eigenvalue weighted by molar-refractivity contribution is -0.174. The topological polar surface area (TPSA) is 41.5 Å². The van der Waals surface area contributed by atoms with Gasteiger partial charge < -0.3 is 15.2 Å². The normalized spacial score (nSPS) is 20.4. The van der Waals surface area contributed by atoms with Crippen molar-refractivity contribution in [3.05, 3.63) is 0 Å². The third-order valence-corrected chi connectivity index (χ3v) is 1.25. The molecule has 0 radical (unpaired) electrons. The molecule has 1 rings (SSSR count). The molecular weight excluding hydrogens is 130 g/mol. The average Bonchev–Trinajstić information content (AvgIpc) is 1.90. The van der Waals surface area contributed by atoms with E-state index in [-0.39, 0.29) is 0 Å². The van der Waals surface area contributed by atoms with Crippen molar-refractivity contribution in [3.8, 4) is 0 Å². The van der Waals surface area contributed by atoms with E-state index < -0.39 is 5.60 Å². The summed E-state index contributed by atoms with van der Waals surface area (Å²) in [5.41, 5.74) is -0.561. The predicted molar refractivity (Wildman–Crippen MR) is 41.0 cm³/mol. The first-order valence-corrected chi connectivity index (χ1v) is 3.72. The van der Waals surface area contributed by atoms with Crippen molar-refractivity contribution >= 4 is 0 Å². The van der Waals surface area contributed by atoms with Crippen molar-refractivity contribution in [2.45, 2.75) is 19.4 Å². The number of hydrogen-bond donors (Lipinski definition) is 2. The van der Waals surface area contributed by atoms with Crippen molar-refractivity contribution in [1.29, 1.82) is 0 Å². The second-order valence-corrected chi connectivity index (χ2v) is 2.25. The Morgan fingerprint density at radius 1 is 1.50 bits per heavy atom. The second kappa shape index (κ2) is 4.66. The molecule has 2 N–H and O–H groups in total. The molecule has 62 valence electrons. The summed E-state index contributed by atoms with van der Waals surface area (Å²) in [7, 11) is 1.82. The molecule has 1 fully saturated rings. The number of aliphatic hydroxyl groups is 1. The van der Waals surface area contributed by atoms with Gasteiger partial charge in [-0.05, 0) is 7.05 Å². The monoisotopic (exact) mass is 147 g/mol. The van der Waals surface area contributed by atoms with E-state index in [2.05, 4.69) is 5.32 Å². The van der Waals surface area contributed by atoms with Crippen molar-refractivity contribution in [3.63, 3.8) is 0 Å². The lowest BCUT2D eigenvalue weighted by Gasteiger charge is -2.35. The van der Waals surface area contributed by atoms with Crippen LogP contribution < -0.4 is 5.32 Å². The summed E-state index contributed by atoms with van der Waals surface area (Å²) in [5.74, 6) is 0. The van der Waals surface area contributed by atoms with E-state index in [0.717, 1.165) is 0 Å². The van der Waals surface area contributed by atoms with Crippen LogP contribution in [-0.4, -0.2) is 37.5 Å². The second-order valence-electron chi connectivity index (χ2n) is 2.25. The van der Waals surface area contributed by atoms with Gasteiger partial charge in [-0.25, -0.2) is 0 Å². The van der Waals surface area contributed by atoms with E-state index in [1.54, 1.807) is 0 Å². The van der Waals surface area contributed by atoms with Crippen LogP contribution >= 0.6 is 0 Å². The lowest BCUT2D eigenvalue weighted by atomic mass is 10.0. The largest absolute Gasteiger partial charge is 0.384 e. The van der Waals surface area contributed by atoms with Crippen LogP contribution in [0.3, 0.4) is 0 Å². The molecule has 0 unspecified atom stereocenters. The van der Waals surface area contributed by atoms with Crippen LogP contribution in [-0.2, 0) is 4.74 Å². The van der Waals surface area contributed by atoms with Gasteiger partial charge in [-0.1, -0.05) is 13.8 Å². The Morgan fingerprint density at radius 2 is 2.00 bits per heavy atom. The Labute approximate surface area is 62.4 Å². The van der Waals surface area contributed by atoms with E-state index in [0.29, 0.717) is 19.8 Å². The molecule has 10 heavy (non-hydrogen) atoms. The summed E-state index contributed by atoms with van der Waals surface area (Å²) in [4.78, 5) is 0. The molecule has 0 atom stereocenters. The highest BCUT2D eigenvalue weighted by atomic mass is 16.5. The fourth-order valence-corrected chi connectivity index (χ4v) is 0.769. The summed E-state index contributed by atoms with van der Waals surface area (Å²) in [6.45, 7) is 5.59. The molecule has 3 nitrogen and oxygen atoms in total. The average molecular weight is 147 g/mol. The molecule has 0 aromatic carbocycles. The van der Waals surface area contributed by atoms with Gasteiger partial charge in [0, 0.05) is 6.54 Å². The summed E-state index contributed by atoms with van der Waals surface area (Å²) in [6.07, 6.45) is 0. The van der Waals surface area contributed by atoms with E-state index in [9.17, 15) is 5.11 Å². The molecule has 1 aliphatic rings. The molecule has 1 aliphatic heterocycles. The first kappa shape index (κ1) is 9.88. The Bertz CT molecular complexity index is 81.7. The third-order valence-electron chi connectivity index (χ3n) is 1.25. The quantitative estimate of drug-likeness (QED) is 0.577. The maximum atomic E-state index is 9.22. The van der Waals surface area contributed by atoms with Crippen LogP contribution in [0.4, 0.5) is 0 Å². The van der Waals surface area contributed by atoms with Crippen LogP contribution in [0, 0.1) is 0 Å². The standard InChI is InChI=1S/C5H11NO2.C2H6/c1-6-2-5(7)3-8-4-5;1-2/h6-7H,2-4H2,1H3;1-2H3. The van der Waals surface area contributed by atoms with Crippen LogP contribution in [0.25, 0.3) is 0 Å². The van der Waals surface area contributed by atoms with Crippen molar-refractivity contribution < 1.29 is 9.84 Å². The van der Waals surface area contributed by atoms with Gasteiger partial charge in [0.05, 0.1) is 13.2 Å². The molecule has 1 heterocycles. The SMILES string of the molecule is CC.CNCC1(O)COC1. The molecule has 0 aromatic rings. The molecule has 1 saturated heterocycles. The van der Waals surface area contributed by atoms with Crippen molar-refractivity contribution in [1.82, 2.24) is 5.32 Å². The number of hydrogen-bond acceptors (Lipinski definition) is 3. The fraction of sp³-hybridized carbons (Fsp3) is 1.00. The molecule has 0 amide bonds. The van der Waals surface area contributed by atoms with E-state index >= 15 is 0 Å². The van der Waals surface area contributed by atoms with E-state index in [4.69, 9.17) is 4.74 Å². The van der Waals surface area contributed by atoms with Gasteiger partial charge in [-0.3, -0.25) is 0 Å². The third kappa shape index (κ3) is 2.64. The molecule has 3 heteroatoms. The Balaban J connectivity index is 0.000000371. The van der Waals surface area contributed by atoms with Gasteiger partial charge in [0.15, 0.2) is 0 Å². The van der Waals surface area contributed by atoms with E-state index in [1.807, 2.05) is 20.9 Å². The zero-order valence-corrected chi connectivity index (χ0v) is 6.98. The molecule has 0 saturated carbocycles. The Hall–Kier alpha value is -0.120. The fourth-order valence-electron chi connectivity index (χ4n) is 0.769. The van der Waals surface area contributed by atoms with Gasteiger partial charge in [-0.15, -0.1) is 0 Å². The first-order valence-electron chi connectivity index (χ1n) is 3.72. The highest BCUT2D eigenvalue weighted by molar-refractivity contribution is 4.86. The van der Waals surface area contributed by atoms with Gasteiger partial charge in [0.25, 0.3) is 0 Å². The maximum absolute atomic E-state index is 9.22. The smallest absolute Gasteiger partial charge is 0.123 e. The predicted octanol–water partition coefficient (Wildman–Crippen LogP) is -0.00670. The number of likely N-dealkylation sites (N-methyl/N-ethyl adjacent to an activating group) is 1. The molecule has 0 spiro atoms. The summed E-state index contributed by atoms with van der Waals surface area (Å²) >= 11 is 0. The maximum Gasteiger partial charge on any atom is 0.123 e. The Kier molecular flexibility index (Phi) is 4.60. The lowest BCUT2D eigenvalue weighted by Crippen LogP contribution is -2.55. The summed E-state index contributed by atoms with van der Waals surface area (Å²) in [6, 6.07) is 0. The number of nitrogens with one attached hydrogen (secondary N) is 1. The van der Waals surface area contributed by atoms with Crippen molar-refractivity contribution in [2.75, 3.05) is 26.8 Å². The minimum absolute atomic E-state index is 0.480. The number of rotatable bonds is 2. The number of ether oxygens (including phenoxy) is 1. The highest BCUT2D eigenvalue weighted by Crippen LogP contribution is 2.13. The zero-order chi connectivity index (χ0) is 8.04. The molecule has 0 aliphatic carbocycles. The van der Waals surface area contributed by atoms with Gasteiger partial charge in [0.1, 0.15) is 5.60 Å². The zero-order valence-electron chi connectivity index (χ0n) is 6.98. The van der Waals surface area contributed by atoms with Crippen LogP contribution in [0.2, 0.25) is 0 Å². The molecule has 0 bridgehead atoms. The van der Waals surface area contributed by atoms with Gasteiger partial charge >= 0.3 is 0 Å². The summed E-state index contributed by atoms with van der Waals surface area (Å²) in [5, 5.41) is 12.1. The van der Waals surface area contributed by atoms with Gasteiger partial charge in [-0.2, -0.15) is 0 Å². The van der Waals surface area contributed by atoms with Gasteiger partial charge in [0.2, 0.25) is 0 Å². The molecular formula is C7H17NO2.